The van der Waals surface area contributed by atoms with Crippen molar-refractivity contribution in [2.24, 2.45) is 5.92 Å². The van der Waals surface area contributed by atoms with Crippen molar-refractivity contribution in [2.75, 3.05) is 0 Å². The highest BCUT2D eigenvalue weighted by atomic mass is 14.3. The highest BCUT2D eigenvalue weighted by Gasteiger charge is 2.17. The first kappa shape index (κ1) is 11.5. The van der Waals surface area contributed by atoms with E-state index in [-0.39, 0.29) is 0 Å². The van der Waals surface area contributed by atoms with E-state index in [1.807, 2.05) is 36.4 Å². The molecule has 0 unspecified atom stereocenters. The van der Waals surface area contributed by atoms with E-state index < -0.39 is 5.92 Å². The summed E-state index contributed by atoms with van der Waals surface area (Å²) in [5, 5.41) is 26.7. The summed E-state index contributed by atoms with van der Waals surface area (Å²) in [6.45, 7) is 1.62. The van der Waals surface area contributed by atoms with Crippen molar-refractivity contribution in [3.05, 3.63) is 41.5 Å². The fraction of sp³-hybridized carbons (Fsp3) is 0.154. The number of hydrogen-bond donors (Lipinski definition) is 0. The predicted molar refractivity (Wildman–Crippen MR) is 59.4 cm³/mol. The lowest BCUT2D eigenvalue weighted by atomic mass is 9.91. The number of benzene rings is 1. The molecule has 0 heterocycles. The first-order valence-electron chi connectivity index (χ1n) is 4.70. The fourth-order valence-electron chi connectivity index (χ4n) is 1.44. The molecule has 0 aliphatic heterocycles. The second-order valence-corrected chi connectivity index (χ2v) is 3.21. The Kier molecular flexibility index (Phi) is 3.84. The summed E-state index contributed by atoms with van der Waals surface area (Å²) in [6, 6.07) is 14.8. The molecule has 0 saturated carbocycles. The molecule has 76 valence electrons. The van der Waals surface area contributed by atoms with E-state index >= 15 is 0 Å². The summed E-state index contributed by atoms with van der Waals surface area (Å²) in [6.07, 6.45) is 0. The Morgan fingerprint density at radius 2 is 1.62 bits per heavy atom. The second-order valence-electron chi connectivity index (χ2n) is 3.21. The van der Waals surface area contributed by atoms with Crippen LogP contribution in [0.15, 0.2) is 35.9 Å². The molecule has 3 nitrogen and oxygen atoms in total. The average Bonchev–Trinajstić information content (AvgIpc) is 2.36. The SMILES string of the molecule is C/C(C#N)=C(/c1ccccc1)C(C#N)C#N. The van der Waals surface area contributed by atoms with E-state index in [0.29, 0.717) is 11.1 Å². The standard InChI is InChI=1S/C13H9N3/c1-10(7-14)13(12(8-15)9-16)11-5-3-2-4-6-11/h2-6,12H,1H3/b13-10+. The van der Waals surface area contributed by atoms with E-state index in [1.54, 1.807) is 19.1 Å². The third-order valence-corrected chi connectivity index (χ3v) is 2.20. The Hall–Kier alpha value is -2.57. The maximum atomic E-state index is 8.89. The van der Waals surface area contributed by atoms with Crippen LogP contribution in [0.1, 0.15) is 12.5 Å². The molecule has 0 bridgehead atoms. The fourth-order valence-corrected chi connectivity index (χ4v) is 1.44. The highest BCUT2D eigenvalue weighted by Crippen LogP contribution is 2.26. The van der Waals surface area contributed by atoms with Gasteiger partial charge < -0.3 is 0 Å². The Labute approximate surface area is 94.5 Å². The summed E-state index contributed by atoms with van der Waals surface area (Å²) < 4.78 is 0. The normalized spacial score (nSPS) is 10.9. The van der Waals surface area contributed by atoms with Gasteiger partial charge in [-0.15, -0.1) is 0 Å². The summed E-state index contributed by atoms with van der Waals surface area (Å²) >= 11 is 0. The van der Waals surface area contributed by atoms with Gasteiger partial charge in [-0.1, -0.05) is 30.3 Å². The Morgan fingerprint density at radius 1 is 1.06 bits per heavy atom. The van der Waals surface area contributed by atoms with Crippen molar-refractivity contribution in [2.45, 2.75) is 6.92 Å². The molecular weight excluding hydrogens is 198 g/mol. The first-order chi connectivity index (χ1) is 7.74. The van der Waals surface area contributed by atoms with Gasteiger partial charge in [0, 0.05) is 11.1 Å². The molecule has 1 aromatic rings. The van der Waals surface area contributed by atoms with Crippen LogP contribution in [-0.4, -0.2) is 0 Å². The molecule has 3 heteroatoms. The number of nitrogens with zero attached hydrogens (tertiary/aromatic N) is 3. The summed E-state index contributed by atoms with van der Waals surface area (Å²) in [5.41, 5.74) is 1.64. The van der Waals surface area contributed by atoms with Crippen LogP contribution in [0.25, 0.3) is 5.57 Å². The molecule has 1 aromatic carbocycles. The number of rotatable bonds is 2. The van der Waals surface area contributed by atoms with Gasteiger partial charge in [0.05, 0.1) is 18.2 Å². The molecule has 1 rings (SSSR count). The third-order valence-electron chi connectivity index (χ3n) is 2.20. The zero-order chi connectivity index (χ0) is 12.0. The minimum Gasteiger partial charge on any atom is -0.196 e. The van der Waals surface area contributed by atoms with Gasteiger partial charge in [-0.25, -0.2) is 0 Å². The monoisotopic (exact) mass is 207 g/mol. The summed E-state index contributed by atoms with van der Waals surface area (Å²) in [7, 11) is 0. The molecule has 0 saturated heterocycles. The lowest BCUT2D eigenvalue weighted by molar-refractivity contribution is 1.10. The molecule has 0 aromatic heterocycles. The van der Waals surface area contributed by atoms with E-state index in [2.05, 4.69) is 0 Å². The quantitative estimate of drug-likeness (QED) is 0.700. The van der Waals surface area contributed by atoms with Gasteiger partial charge in [-0.05, 0) is 12.5 Å². The van der Waals surface area contributed by atoms with Gasteiger partial charge >= 0.3 is 0 Å². The van der Waals surface area contributed by atoms with Gasteiger partial charge in [-0.2, -0.15) is 15.8 Å². The number of nitriles is 3. The van der Waals surface area contributed by atoms with Crippen molar-refractivity contribution in [3.63, 3.8) is 0 Å². The predicted octanol–water partition coefficient (Wildman–Crippen LogP) is 2.65. The molecule has 0 fully saturated rings. The molecule has 0 spiro atoms. The Bertz CT molecular complexity index is 507. The molecule has 0 radical (unpaired) electrons. The van der Waals surface area contributed by atoms with Gasteiger partial charge in [-0.3, -0.25) is 0 Å². The zero-order valence-corrected chi connectivity index (χ0v) is 8.81. The molecule has 0 N–H and O–H groups in total. The first-order valence-corrected chi connectivity index (χ1v) is 4.70. The average molecular weight is 207 g/mol. The number of allylic oxidation sites excluding steroid dienone is 2. The molecule has 0 atom stereocenters. The van der Waals surface area contributed by atoms with Crippen molar-refractivity contribution in [1.82, 2.24) is 0 Å². The maximum Gasteiger partial charge on any atom is 0.159 e. The topological polar surface area (TPSA) is 71.4 Å². The lowest BCUT2D eigenvalue weighted by Crippen LogP contribution is -2.00. The third kappa shape index (κ3) is 2.27. The van der Waals surface area contributed by atoms with Gasteiger partial charge in [0.25, 0.3) is 0 Å². The van der Waals surface area contributed by atoms with Crippen molar-refractivity contribution in [3.8, 4) is 18.2 Å². The molecular formula is C13H9N3. The smallest absolute Gasteiger partial charge is 0.159 e. The lowest BCUT2D eigenvalue weighted by Gasteiger charge is -2.08. The summed E-state index contributed by atoms with van der Waals surface area (Å²) in [5.74, 6) is -0.901. The van der Waals surface area contributed by atoms with Crippen LogP contribution < -0.4 is 0 Å². The minimum atomic E-state index is -0.901. The highest BCUT2D eigenvalue weighted by molar-refractivity contribution is 5.76. The van der Waals surface area contributed by atoms with E-state index in [1.165, 1.54) is 0 Å². The van der Waals surface area contributed by atoms with Crippen LogP contribution in [0.5, 0.6) is 0 Å². The maximum absolute atomic E-state index is 8.89. The van der Waals surface area contributed by atoms with Gasteiger partial charge in [0.1, 0.15) is 0 Å². The van der Waals surface area contributed by atoms with Crippen molar-refractivity contribution >= 4 is 5.57 Å². The zero-order valence-electron chi connectivity index (χ0n) is 8.81. The summed E-state index contributed by atoms with van der Waals surface area (Å²) in [4.78, 5) is 0. The van der Waals surface area contributed by atoms with Crippen LogP contribution in [0.3, 0.4) is 0 Å². The molecule has 0 aliphatic carbocycles. The van der Waals surface area contributed by atoms with Crippen LogP contribution >= 0.6 is 0 Å². The van der Waals surface area contributed by atoms with Gasteiger partial charge in [0.15, 0.2) is 5.92 Å². The van der Waals surface area contributed by atoms with Gasteiger partial charge in [0.2, 0.25) is 0 Å². The Morgan fingerprint density at radius 3 is 2.06 bits per heavy atom. The second kappa shape index (κ2) is 5.35. The van der Waals surface area contributed by atoms with Crippen LogP contribution in [-0.2, 0) is 0 Å². The van der Waals surface area contributed by atoms with Crippen molar-refractivity contribution in [1.29, 1.82) is 15.8 Å². The molecule has 0 aliphatic rings. The largest absolute Gasteiger partial charge is 0.196 e. The number of hydrogen-bond acceptors (Lipinski definition) is 3. The van der Waals surface area contributed by atoms with E-state index in [0.717, 1.165) is 5.56 Å². The van der Waals surface area contributed by atoms with Crippen LogP contribution in [0.4, 0.5) is 0 Å². The van der Waals surface area contributed by atoms with E-state index in [9.17, 15) is 0 Å². The minimum absolute atomic E-state index is 0.402. The Balaban J connectivity index is 3.38. The van der Waals surface area contributed by atoms with Crippen molar-refractivity contribution < 1.29 is 0 Å². The molecule has 16 heavy (non-hydrogen) atoms. The van der Waals surface area contributed by atoms with Crippen LogP contribution in [0, 0.1) is 39.9 Å². The molecule has 0 amide bonds. The van der Waals surface area contributed by atoms with E-state index in [4.69, 9.17) is 15.8 Å². The van der Waals surface area contributed by atoms with Crippen LogP contribution in [0.2, 0.25) is 0 Å².